The zero-order chi connectivity index (χ0) is 34.2. The molecular weight excluding hydrogens is 600 g/mol. The second-order valence-corrected chi connectivity index (χ2v) is 12.3. The summed E-state index contributed by atoms with van der Waals surface area (Å²) in [5.41, 5.74) is 0. The van der Waals surface area contributed by atoms with Crippen molar-refractivity contribution in [3.63, 3.8) is 0 Å². The SMILES string of the molecule is CCCCCCCCCCC(=O)O[C@@H]1[C@H](OC[C@@H](O)[C@@H](O)CO)O[C@H](COC(C)=O)[C@@H](O)[C@@H]1OC(=O)CCCCCCCCCC. The lowest BCUT2D eigenvalue weighted by Gasteiger charge is -2.43. The summed E-state index contributed by atoms with van der Waals surface area (Å²) in [5, 5.41) is 40.3. The minimum Gasteiger partial charge on any atom is -0.463 e. The van der Waals surface area contributed by atoms with Crippen LogP contribution in [0.3, 0.4) is 0 Å². The van der Waals surface area contributed by atoms with Crippen molar-refractivity contribution in [2.45, 2.75) is 179 Å². The molecule has 0 aliphatic carbocycles. The van der Waals surface area contributed by atoms with Gasteiger partial charge >= 0.3 is 17.9 Å². The van der Waals surface area contributed by atoms with Gasteiger partial charge in [-0.05, 0) is 12.8 Å². The molecule has 12 heteroatoms. The molecule has 0 bridgehead atoms. The number of esters is 3. The Bertz CT molecular complexity index is 809. The van der Waals surface area contributed by atoms with Gasteiger partial charge in [0.25, 0.3) is 0 Å². The molecule has 4 N–H and O–H groups in total. The fraction of sp³-hybridized carbons (Fsp3) is 0.912. The van der Waals surface area contributed by atoms with Crippen LogP contribution in [-0.2, 0) is 38.1 Å². The first-order valence-electron chi connectivity index (χ1n) is 17.6. The van der Waals surface area contributed by atoms with E-state index < -0.39 is 80.6 Å². The minimum atomic E-state index is -1.53. The van der Waals surface area contributed by atoms with E-state index in [0.29, 0.717) is 12.8 Å². The molecular formula is C34H62O12. The molecule has 1 heterocycles. The summed E-state index contributed by atoms with van der Waals surface area (Å²) in [6, 6.07) is 0. The molecule has 0 aromatic carbocycles. The summed E-state index contributed by atoms with van der Waals surface area (Å²) in [5.74, 6) is -1.82. The lowest BCUT2D eigenvalue weighted by molar-refractivity contribution is -0.311. The van der Waals surface area contributed by atoms with Crippen LogP contribution in [0.1, 0.15) is 136 Å². The van der Waals surface area contributed by atoms with Gasteiger partial charge in [-0.2, -0.15) is 0 Å². The summed E-state index contributed by atoms with van der Waals surface area (Å²) in [6.45, 7) is 3.87. The number of carbonyl (C=O) groups is 3. The van der Waals surface area contributed by atoms with Crippen molar-refractivity contribution in [1.82, 2.24) is 0 Å². The first-order chi connectivity index (χ1) is 22.1. The first-order valence-corrected chi connectivity index (χ1v) is 17.6. The quantitative estimate of drug-likeness (QED) is 0.0559. The van der Waals surface area contributed by atoms with Crippen LogP contribution < -0.4 is 0 Å². The van der Waals surface area contributed by atoms with E-state index in [-0.39, 0.29) is 12.8 Å². The van der Waals surface area contributed by atoms with Gasteiger partial charge in [0.15, 0.2) is 18.5 Å². The van der Waals surface area contributed by atoms with Crippen LogP contribution in [0.25, 0.3) is 0 Å². The topological polar surface area (TPSA) is 178 Å². The Morgan fingerprint density at radius 3 is 1.61 bits per heavy atom. The normalized spacial score (nSPS) is 22.6. The van der Waals surface area contributed by atoms with E-state index in [1.165, 1.54) is 45.4 Å². The van der Waals surface area contributed by atoms with Gasteiger partial charge in [-0.15, -0.1) is 0 Å². The van der Waals surface area contributed by atoms with Gasteiger partial charge in [0, 0.05) is 19.8 Å². The second kappa shape index (κ2) is 26.2. The van der Waals surface area contributed by atoms with Crippen LogP contribution in [0.5, 0.6) is 0 Å². The van der Waals surface area contributed by atoms with Crippen LogP contribution >= 0.6 is 0 Å². The van der Waals surface area contributed by atoms with Crippen molar-refractivity contribution in [2.24, 2.45) is 0 Å². The van der Waals surface area contributed by atoms with E-state index in [0.717, 1.165) is 51.4 Å². The Kier molecular flexibility index (Phi) is 24.0. The second-order valence-electron chi connectivity index (χ2n) is 12.3. The van der Waals surface area contributed by atoms with Gasteiger partial charge in [-0.1, -0.05) is 104 Å². The molecule has 7 atom stereocenters. The van der Waals surface area contributed by atoms with E-state index in [2.05, 4.69) is 13.8 Å². The molecule has 0 unspecified atom stereocenters. The van der Waals surface area contributed by atoms with Gasteiger partial charge in [-0.25, -0.2) is 0 Å². The third kappa shape index (κ3) is 18.5. The van der Waals surface area contributed by atoms with Gasteiger partial charge in [-0.3, -0.25) is 14.4 Å². The zero-order valence-corrected chi connectivity index (χ0v) is 28.4. The largest absolute Gasteiger partial charge is 0.463 e. The van der Waals surface area contributed by atoms with Crippen LogP contribution in [-0.4, -0.2) is 101 Å². The minimum absolute atomic E-state index is 0.0932. The van der Waals surface area contributed by atoms with Gasteiger partial charge < -0.3 is 44.1 Å². The predicted octanol–water partition coefficient (Wildman–Crippen LogP) is 4.25. The van der Waals surface area contributed by atoms with Gasteiger partial charge in [0.1, 0.15) is 31.0 Å². The number of aliphatic hydroxyl groups is 4. The number of carbonyl (C=O) groups excluding carboxylic acids is 3. The first kappa shape index (κ1) is 42.2. The maximum Gasteiger partial charge on any atom is 0.306 e. The van der Waals surface area contributed by atoms with Crippen molar-refractivity contribution < 1.29 is 58.5 Å². The number of unbranched alkanes of at least 4 members (excludes halogenated alkanes) is 14. The predicted molar refractivity (Wildman–Crippen MR) is 171 cm³/mol. The molecule has 0 spiro atoms. The Hall–Kier alpha value is -1.83. The molecule has 0 saturated carbocycles. The summed E-state index contributed by atoms with van der Waals surface area (Å²) in [7, 11) is 0. The lowest BCUT2D eigenvalue weighted by atomic mass is 9.98. The van der Waals surface area contributed by atoms with Crippen molar-refractivity contribution in [3.05, 3.63) is 0 Å². The summed E-state index contributed by atoms with van der Waals surface area (Å²) >= 11 is 0. The third-order valence-electron chi connectivity index (χ3n) is 8.14. The standard InChI is InChI=1S/C34H62O12/c1-4-6-8-10-12-14-16-18-20-29(39)45-32-31(41)28(24-42-25(3)36)44-34(43-23-27(38)26(37)22-35)33(32)46-30(40)21-19-17-15-13-11-9-7-5-2/h26-28,31-35,37-38,41H,4-24H2,1-3H3/t26-,27+,28+,31+,32-,33-,34+/m0/s1. The highest BCUT2D eigenvalue weighted by Crippen LogP contribution is 2.29. The Balaban J connectivity index is 2.94. The number of hydrogen-bond donors (Lipinski definition) is 4. The molecule has 1 aliphatic rings. The highest BCUT2D eigenvalue weighted by Gasteiger charge is 2.51. The molecule has 0 aromatic rings. The van der Waals surface area contributed by atoms with Crippen molar-refractivity contribution in [3.8, 4) is 0 Å². The molecule has 46 heavy (non-hydrogen) atoms. The van der Waals surface area contributed by atoms with E-state index >= 15 is 0 Å². The monoisotopic (exact) mass is 662 g/mol. The molecule has 1 aliphatic heterocycles. The van der Waals surface area contributed by atoms with Crippen LogP contribution in [0.2, 0.25) is 0 Å². The maximum absolute atomic E-state index is 12.9. The number of aliphatic hydroxyl groups excluding tert-OH is 4. The Morgan fingerprint density at radius 2 is 1.15 bits per heavy atom. The van der Waals surface area contributed by atoms with E-state index in [4.69, 9.17) is 23.7 Å². The van der Waals surface area contributed by atoms with Crippen molar-refractivity contribution in [2.75, 3.05) is 19.8 Å². The number of rotatable bonds is 27. The van der Waals surface area contributed by atoms with Crippen LogP contribution in [0, 0.1) is 0 Å². The zero-order valence-electron chi connectivity index (χ0n) is 28.4. The molecule has 1 rings (SSSR count). The average molecular weight is 663 g/mol. The van der Waals surface area contributed by atoms with Crippen LogP contribution in [0.15, 0.2) is 0 Å². The molecule has 12 nitrogen and oxygen atoms in total. The van der Waals surface area contributed by atoms with E-state index in [9.17, 15) is 34.8 Å². The van der Waals surface area contributed by atoms with E-state index in [1.54, 1.807) is 0 Å². The average Bonchev–Trinajstić information content (AvgIpc) is 3.03. The smallest absolute Gasteiger partial charge is 0.306 e. The summed E-state index contributed by atoms with van der Waals surface area (Å²) in [6.07, 6.45) is 6.73. The molecule has 1 fully saturated rings. The molecule has 0 amide bonds. The highest BCUT2D eigenvalue weighted by molar-refractivity contribution is 5.71. The maximum atomic E-state index is 12.9. The third-order valence-corrected chi connectivity index (χ3v) is 8.14. The Labute approximate surface area is 275 Å². The van der Waals surface area contributed by atoms with Crippen molar-refractivity contribution in [1.29, 1.82) is 0 Å². The highest BCUT2D eigenvalue weighted by atomic mass is 16.7. The molecule has 0 aromatic heterocycles. The van der Waals surface area contributed by atoms with Gasteiger partial charge in [0.05, 0.1) is 13.2 Å². The van der Waals surface area contributed by atoms with E-state index in [1.807, 2.05) is 0 Å². The summed E-state index contributed by atoms with van der Waals surface area (Å²) in [4.78, 5) is 37.4. The summed E-state index contributed by atoms with van der Waals surface area (Å²) < 4.78 is 27.9. The molecule has 270 valence electrons. The Morgan fingerprint density at radius 1 is 0.696 bits per heavy atom. The molecule has 1 saturated heterocycles. The fourth-order valence-electron chi connectivity index (χ4n) is 5.28. The fourth-order valence-corrected chi connectivity index (χ4v) is 5.28. The van der Waals surface area contributed by atoms with Crippen molar-refractivity contribution >= 4 is 17.9 Å². The number of hydrogen-bond acceptors (Lipinski definition) is 12. The van der Waals surface area contributed by atoms with Crippen LogP contribution in [0.4, 0.5) is 0 Å². The molecule has 0 radical (unpaired) electrons. The number of ether oxygens (including phenoxy) is 5. The van der Waals surface area contributed by atoms with Gasteiger partial charge in [0.2, 0.25) is 0 Å². The lowest BCUT2D eigenvalue weighted by Crippen LogP contribution is -2.62.